The lowest BCUT2D eigenvalue weighted by atomic mass is 10.1. The van der Waals surface area contributed by atoms with Crippen LogP contribution >= 0.6 is 12.4 Å². The number of hydrogen-bond donors (Lipinski definition) is 2. The van der Waals surface area contributed by atoms with Crippen molar-refractivity contribution in [3.05, 3.63) is 35.6 Å². The van der Waals surface area contributed by atoms with Crippen LogP contribution in [-0.2, 0) is 4.79 Å². The third-order valence-corrected chi connectivity index (χ3v) is 3.77. The van der Waals surface area contributed by atoms with E-state index in [0.29, 0.717) is 6.42 Å². The molecule has 1 aromatic rings. The average Bonchev–Trinajstić information content (AvgIpc) is 3.18. The molecule has 0 spiro atoms. The van der Waals surface area contributed by atoms with E-state index in [9.17, 15) is 9.18 Å². The van der Waals surface area contributed by atoms with Crippen LogP contribution in [0.4, 0.5) is 4.39 Å². The van der Waals surface area contributed by atoms with E-state index in [1.165, 1.54) is 6.07 Å². The number of nitrogens with one attached hydrogen (secondary N) is 1. The fraction of sp³-hybridized carbons (Fsp3) is 0.562. The highest BCUT2D eigenvalue weighted by Crippen LogP contribution is 2.40. The molecule has 5 heteroatoms. The van der Waals surface area contributed by atoms with Crippen LogP contribution < -0.4 is 11.1 Å². The topological polar surface area (TPSA) is 55.1 Å². The van der Waals surface area contributed by atoms with Gasteiger partial charge in [0, 0.05) is 18.4 Å². The lowest BCUT2D eigenvalue weighted by molar-refractivity contribution is -0.121. The van der Waals surface area contributed by atoms with Crippen molar-refractivity contribution < 1.29 is 9.18 Å². The van der Waals surface area contributed by atoms with Crippen LogP contribution in [0.1, 0.15) is 50.0 Å². The normalized spacial score (nSPS) is 19.7. The molecule has 0 saturated heterocycles. The molecule has 0 aliphatic heterocycles. The number of carbonyl (C=O) groups is 1. The minimum atomic E-state index is -0.209. The van der Waals surface area contributed by atoms with Gasteiger partial charge in [-0.15, -0.1) is 12.4 Å². The van der Waals surface area contributed by atoms with E-state index in [-0.39, 0.29) is 36.1 Å². The molecule has 3 nitrogen and oxygen atoms in total. The van der Waals surface area contributed by atoms with Crippen LogP contribution in [-0.4, -0.2) is 18.5 Å². The first kappa shape index (κ1) is 17.9. The highest BCUT2D eigenvalue weighted by Gasteiger charge is 2.39. The molecule has 1 fully saturated rings. The summed E-state index contributed by atoms with van der Waals surface area (Å²) in [5, 5.41) is 3.03. The van der Waals surface area contributed by atoms with Gasteiger partial charge in [-0.2, -0.15) is 0 Å². The Kier molecular flexibility index (Phi) is 7.68. The molecule has 1 saturated carbocycles. The Morgan fingerprint density at radius 2 is 2.05 bits per heavy atom. The fourth-order valence-electron chi connectivity index (χ4n) is 2.52. The minimum absolute atomic E-state index is 0. The van der Waals surface area contributed by atoms with Gasteiger partial charge in [-0.1, -0.05) is 25.0 Å². The summed E-state index contributed by atoms with van der Waals surface area (Å²) in [5.74, 6) is 0.188. The first-order chi connectivity index (χ1) is 9.70. The predicted octanol–water partition coefficient (Wildman–Crippen LogP) is 3.13. The third-order valence-electron chi connectivity index (χ3n) is 3.77. The van der Waals surface area contributed by atoms with Gasteiger partial charge in [0.1, 0.15) is 5.82 Å². The lowest BCUT2D eigenvalue weighted by Gasteiger charge is -2.05. The Balaban J connectivity index is 0.00000220. The zero-order valence-electron chi connectivity index (χ0n) is 12.2. The molecular formula is C16H24ClFN2O. The average molecular weight is 315 g/mol. The summed E-state index contributed by atoms with van der Waals surface area (Å²) < 4.78 is 13.1. The first-order valence-corrected chi connectivity index (χ1v) is 7.45. The molecule has 118 valence electrons. The number of nitrogens with two attached hydrogens (primary N) is 1. The zero-order valence-corrected chi connectivity index (χ0v) is 13.0. The minimum Gasteiger partial charge on any atom is -0.353 e. The van der Waals surface area contributed by atoms with E-state index in [1.54, 1.807) is 12.1 Å². The molecule has 1 aliphatic carbocycles. The third kappa shape index (κ3) is 6.02. The summed E-state index contributed by atoms with van der Waals surface area (Å²) in [5.41, 5.74) is 6.40. The summed E-state index contributed by atoms with van der Waals surface area (Å²) in [6.07, 6.45) is 5.61. The van der Waals surface area contributed by atoms with Gasteiger partial charge in [0.2, 0.25) is 5.91 Å². The number of carbonyl (C=O) groups excluding carboxylic acids is 1. The summed E-state index contributed by atoms with van der Waals surface area (Å²) in [6, 6.07) is 6.84. The van der Waals surface area contributed by atoms with Crippen molar-refractivity contribution in [2.75, 3.05) is 6.54 Å². The van der Waals surface area contributed by atoms with Gasteiger partial charge in [0.15, 0.2) is 0 Å². The van der Waals surface area contributed by atoms with Gasteiger partial charge < -0.3 is 11.1 Å². The van der Waals surface area contributed by atoms with Crippen molar-refractivity contribution in [1.82, 2.24) is 5.32 Å². The largest absolute Gasteiger partial charge is 0.353 e. The van der Waals surface area contributed by atoms with Crippen LogP contribution in [0.5, 0.6) is 0 Å². The van der Waals surface area contributed by atoms with Crippen molar-refractivity contribution in [1.29, 1.82) is 0 Å². The van der Waals surface area contributed by atoms with Crippen LogP contribution in [0.2, 0.25) is 0 Å². The maximum atomic E-state index is 13.1. The second-order valence-corrected chi connectivity index (χ2v) is 5.52. The SMILES string of the molecule is Cl.NCCCCCCC(=O)NC1CC1c1cccc(F)c1. The quantitative estimate of drug-likeness (QED) is 0.724. The van der Waals surface area contributed by atoms with Crippen LogP contribution in [0.3, 0.4) is 0 Å². The van der Waals surface area contributed by atoms with E-state index in [1.807, 2.05) is 6.07 Å². The van der Waals surface area contributed by atoms with Gasteiger partial charge in [-0.3, -0.25) is 4.79 Å². The molecule has 0 aromatic heterocycles. The van der Waals surface area contributed by atoms with Crippen LogP contribution in [0.25, 0.3) is 0 Å². The molecule has 0 bridgehead atoms. The Morgan fingerprint density at radius 3 is 2.76 bits per heavy atom. The number of halogens is 2. The number of rotatable bonds is 8. The molecule has 2 unspecified atom stereocenters. The molecule has 1 aliphatic rings. The number of unbranched alkanes of at least 4 members (excludes halogenated alkanes) is 3. The molecular weight excluding hydrogens is 291 g/mol. The lowest BCUT2D eigenvalue weighted by Crippen LogP contribution is -2.26. The van der Waals surface area contributed by atoms with Crippen molar-refractivity contribution in [2.45, 2.75) is 50.5 Å². The van der Waals surface area contributed by atoms with Gasteiger partial charge in [-0.05, 0) is 43.5 Å². The first-order valence-electron chi connectivity index (χ1n) is 7.45. The number of benzene rings is 1. The maximum absolute atomic E-state index is 13.1. The summed E-state index contributed by atoms with van der Waals surface area (Å²) in [6.45, 7) is 0.726. The molecule has 3 N–H and O–H groups in total. The smallest absolute Gasteiger partial charge is 0.220 e. The predicted molar refractivity (Wildman–Crippen MR) is 85.1 cm³/mol. The monoisotopic (exact) mass is 314 g/mol. The van der Waals surface area contributed by atoms with Gasteiger partial charge >= 0.3 is 0 Å². The van der Waals surface area contributed by atoms with E-state index >= 15 is 0 Å². The number of hydrogen-bond acceptors (Lipinski definition) is 2. The molecule has 2 atom stereocenters. The Morgan fingerprint density at radius 1 is 1.29 bits per heavy atom. The molecule has 0 heterocycles. The number of amides is 1. The molecule has 21 heavy (non-hydrogen) atoms. The zero-order chi connectivity index (χ0) is 14.4. The second kappa shape index (κ2) is 9.00. The standard InChI is InChI=1S/C16H23FN2O.ClH/c17-13-7-5-6-12(10-13)14-11-15(14)19-16(20)8-3-1-2-4-9-18;/h5-7,10,14-15H,1-4,8-9,11,18H2,(H,19,20);1H. The van der Waals surface area contributed by atoms with Crippen molar-refractivity contribution in [2.24, 2.45) is 5.73 Å². The second-order valence-electron chi connectivity index (χ2n) is 5.52. The Bertz CT molecular complexity index is 456. The van der Waals surface area contributed by atoms with Crippen molar-refractivity contribution in [3.8, 4) is 0 Å². The summed E-state index contributed by atoms with van der Waals surface area (Å²) in [4.78, 5) is 11.8. The highest BCUT2D eigenvalue weighted by atomic mass is 35.5. The fourth-order valence-corrected chi connectivity index (χ4v) is 2.52. The van der Waals surface area contributed by atoms with E-state index in [0.717, 1.165) is 44.2 Å². The molecule has 2 rings (SSSR count). The summed E-state index contributed by atoms with van der Waals surface area (Å²) >= 11 is 0. The van der Waals surface area contributed by atoms with Crippen LogP contribution in [0.15, 0.2) is 24.3 Å². The van der Waals surface area contributed by atoms with Gasteiger partial charge in [0.05, 0.1) is 0 Å². The Labute approximate surface area is 131 Å². The van der Waals surface area contributed by atoms with Crippen molar-refractivity contribution in [3.63, 3.8) is 0 Å². The highest BCUT2D eigenvalue weighted by molar-refractivity contribution is 5.85. The van der Waals surface area contributed by atoms with Gasteiger partial charge in [-0.25, -0.2) is 4.39 Å². The van der Waals surface area contributed by atoms with Gasteiger partial charge in [0.25, 0.3) is 0 Å². The van der Waals surface area contributed by atoms with Crippen LogP contribution in [0, 0.1) is 5.82 Å². The van der Waals surface area contributed by atoms with E-state index < -0.39 is 0 Å². The molecule has 0 radical (unpaired) electrons. The molecule has 1 aromatic carbocycles. The summed E-state index contributed by atoms with van der Waals surface area (Å²) in [7, 11) is 0. The molecule has 1 amide bonds. The Hall–Kier alpha value is -1.13. The van der Waals surface area contributed by atoms with Crippen molar-refractivity contribution >= 4 is 18.3 Å². The van der Waals surface area contributed by atoms with E-state index in [2.05, 4.69) is 5.32 Å². The maximum Gasteiger partial charge on any atom is 0.220 e. The van der Waals surface area contributed by atoms with E-state index in [4.69, 9.17) is 5.73 Å².